The van der Waals surface area contributed by atoms with Crippen molar-refractivity contribution in [2.24, 2.45) is 0 Å². The second kappa shape index (κ2) is 4.53. The molecule has 0 saturated heterocycles. The van der Waals surface area contributed by atoms with Crippen LogP contribution in [0.3, 0.4) is 0 Å². The zero-order valence-electron chi connectivity index (χ0n) is 7.51. The summed E-state index contributed by atoms with van der Waals surface area (Å²) in [6.07, 6.45) is 0.0270. The minimum Gasteiger partial charge on any atom is -0.469 e. The van der Waals surface area contributed by atoms with Gasteiger partial charge in [0.1, 0.15) is 0 Å². The molecule has 14 heavy (non-hydrogen) atoms. The Morgan fingerprint density at radius 3 is 2.71 bits per heavy atom. The van der Waals surface area contributed by atoms with Crippen molar-refractivity contribution in [3.8, 4) is 0 Å². The first-order valence-electron chi connectivity index (χ1n) is 3.85. The lowest BCUT2D eigenvalue weighted by Crippen LogP contribution is -2.06. The maximum atomic E-state index is 11.0. The van der Waals surface area contributed by atoms with Crippen molar-refractivity contribution in [1.82, 2.24) is 0 Å². The van der Waals surface area contributed by atoms with Crippen molar-refractivity contribution in [3.63, 3.8) is 0 Å². The SMILES string of the molecule is COC(=O)Cc1c(Cl)ccc(N)c1Cl. The molecule has 0 unspecified atom stereocenters. The van der Waals surface area contributed by atoms with Gasteiger partial charge < -0.3 is 10.5 Å². The molecule has 2 N–H and O–H groups in total. The van der Waals surface area contributed by atoms with Gasteiger partial charge in [0.05, 0.1) is 24.2 Å². The first kappa shape index (κ1) is 11.1. The lowest BCUT2D eigenvalue weighted by atomic mass is 10.1. The molecule has 0 fully saturated rings. The summed E-state index contributed by atoms with van der Waals surface area (Å²) in [5.41, 5.74) is 6.46. The van der Waals surface area contributed by atoms with E-state index in [1.54, 1.807) is 12.1 Å². The van der Waals surface area contributed by atoms with E-state index in [9.17, 15) is 4.79 Å². The van der Waals surface area contributed by atoms with Crippen molar-refractivity contribution >= 4 is 34.9 Å². The Bertz CT molecular complexity index is 366. The van der Waals surface area contributed by atoms with Crippen LogP contribution in [-0.2, 0) is 16.0 Å². The highest BCUT2D eigenvalue weighted by molar-refractivity contribution is 6.37. The third-order valence-corrected chi connectivity index (χ3v) is 2.57. The zero-order chi connectivity index (χ0) is 10.7. The third-order valence-electron chi connectivity index (χ3n) is 1.76. The van der Waals surface area contributed by atoms with E-state index in [4.69, 9.17) is 28.9 Å². The van der Waals surface area contributed by atoms with E-state index >= 15 is 0 Å². The van der Waals surface area contributed by atoms with Crippen LogP contribution in [0.4, 0.5) is 5.69 Å². The van der Waals surface area contributed by atoms with Gasteiger partial charge in [-0.15, -0.1) is 0 Å². The second-order valence-electron chi connectivity index (χ2n) is 2.68. The minimum atomic E-state index is -0.403. The Labute approximate surface area is 91.7 Å². The summed E-state index contributed by atoms with van der Waals surface area (Å²) in [7, 11) is 1.30. The molecule has 76 valence electrons. The van der Waals surface area contributed by atoms with Gasteiger partial charge in [-0.25, -0.2) is 0 Å². The van der Waals surface area contributed by atoms with Gasteiger partial charge in [0.25, 0.3) is 0 Å². The van der Waals surface area contributed by atoms with Crippen LogP contribution < -0.4 is 5.73 Å². The third kappa shape index (κ3) is 2.30. The number of nitrogens with two attached hydrogens (primary N) is 1. The number of carbonyl (C=O) groups excluding carboxylic acids is 1. The molecule has 0 aromatic heterocycles. The second-order valence-corrected chi connectivity index (χ2v) is 3.47. The number of methoxy groups -OCH3 is 1. The Kier molecular flexibility index (Phi) is 3.61. The van der Waals surface area contributed by atoms with Gasteiger partial charge in [-0.2, -0.15) is 0 Å². The highest BCUT2D eigenvalue weighted by Gasteiger charge is 2.12. The normalized spacial score (nSPS) is 9.93. The molecule has 0 amide bonds. The average Bonchev–Trinajstić information content (AvgIpc) is 2.18. The van der Waals surface area contributed by atoms with Crippen LogP contribution in [0.1, 0.15) is 5.56 Å². The van der Waals surface area contributed by atoms with Crippen molar-refractivity contribution in [2.45, 2.75) is 6.42 Å². The molecular formula is C9H9Cl2NO2. The van der Waals surface area contributed by atoms with Gasteiger partial charge >= 0.3 is 5.97 Å². The highest BCUT2D eigenvalue weighted by Crippen LogP contribution is 2.30. The number of esters is 1. The maximum absolute atomic E-state index is 11.0. The summed E-state index contributed by atoms with van der Waals surface area (Å²) in [6, 6.07) is 3.19. The molecule has 0 saturated carbocycles. The Morgan fingerprint density at radius 1 is 1.50 bits per heavy atom. The van der Waals surface area contributed by atoms with E-state index in [1.807, 2.05) is 0 Å². The van der Waals surface area contributed by atoms with Crippen LogP contribution in [0.5, 0.6) is 0 Å². The largest absolute Gasteiger partial charge is 0.469 e. The van der Waals surface area contributed by atoms with Gasteiger partial charge in [0, 0.05) is 10.6 Å². The molecule has 5 heteroatoms. The lowest BCUT2D eigenvalue weighted by Gasteiger charge is -2.07. The number of hydrogen-bond acceptors (Lipinski definition) is 3. The molecule has 0 bridgehead atoms. The molecular weight excluding hydrogens is 225 g/mol. The first-order chi connectivity index (χ1) is 6.56. The molecule has 0 aliphatic heterocycles. The number of carbonyl (C=O) groups is 1. The molecule has 0 spiro atoms. The smallest absolute Gasteiger partial charge is 0.310 e. The van der Waals surface area contributed by atoms with E-state index in [0.717, 1.165) is 0 Å². The molecule has 3 nitrogen and oxygen atoms in total. The summed E-state index contributed by atoms with van der Waals surface area (Å²) in [6.45, 7) is 0. The number of hydrogen-bond donors (Lipinski definition) is 1. The van der Waals surface area contributed by atoms with Gasteiger partial charge in [-0.05, 0) is 12.1 Å². The van der Waals surface area contributed by atoms with Crippen molar-refractivity contribution in [3.05, 3.63) is 27.7 Å². The predicted octanol–water partition coefficient (Wildman–Crippen LogP) is 2.29. The van der Waals surface area contributed by atoms with Gasteiger partial charge in [-0.3, -0.25) is 4.79 Å². The molecule has 0 aliphatic rings. The van der Waals surface area contributed by atoms with Crippen LogP contribution in [-0.4, -0.2) is 13.1 Å². The van der Waals surface area contributed by atoms with Crippen molar-refractivity contribution in [2.75, 3.05) is 12.8 Å². The zero-order valence-corrected chi connectivity index (χ0v) is 9.02. The summed E-state index contributed by atoms with van der Waals surface area (Å²) < 4.78 is 4.51. The highest BCUT2D eigenvalue weighted by atomic mass is 35.5. The molecule has 1 aromatic rings. The molecule has 0 aliphatic carbocycles. The fraction of sp³-hybridized carbons (Fsp3) is 0.222. The first-order valence-corrected chi connectivity index (χ1v) is 4.61. The standard InChI is InChI=1S/C9H9Cl2NO2/c1-14-8(13)4-5-6(10)2-3-7(12)9(5)11/h2-3H,4,12H2,1H3. The average molecular weight is 234 g/mol. The van der Waals surface area contributed by atoms with Crippen LogP contribution in [0, 0.1) is 0 Å². The molecule has 1 aromatic carbocycles. The summed E-state index contributed by atoms with van der Waals surface area (Å²) in [4.78, 5) is 11.0. The summed E-state index contributed by atoms with van der Waals surface area (Å²) in [5.74, 6) is -0.403. The minimum absolute atomic E-state index is 0.0270. The van der Waals surface area contributed by atoms with E-state index in [2.05, 4.69) is 4.74 Å². The van der Waals surface area contributed by atoms with Gasteiger partial charge in [-0.1, -0.05) is 23.2 Å². The topological polar surface area (TPSA) is 52.3 Å². The Hall–Kier alpha value is -0.930. The number of ether oxygens (including phenoxy) is 1. The number of halogens is 2. The number of benzene rings is 1. The summed E-state index contributed by atoms with van der Waals surface area (Å²) in [5, 5.41) is 0.720. The molecule has 0 heterocycles. The fourth-order valence-electron chi connectivity index (χ4n) is 0.994. The Balaban J connectivity index is 3.06. The summed E-state index contributed by atoms with van der Waals surface area (Å²) >= 11 is 11.7. The fourth-order valence-corrected chi connectivity index (χ4v) is 1.50. The lowest BCUT2D eigenvalue weighted by molar-refractivity contribution is -0.139. The molecule has 0 radical (unpaired) electrons. The monoisotopic (exact) mass is 233 g/mol. The number of rotatable bonds is 2. The van der Waals surface area contributed by atoms with Crippen LogP contribution in [0.15, 0.2) is 12.1 Å². The van der Waals surface area contributed by atoms with Crippen LogP contribution in [0.25, 0.3) is 0 Å². The van der Waals surface area contributed by atoms with Gasteiger partial charge in [0.15, 0.2) is 0 Å². The maximum Gasteiger partial charge on any atom is 0.310 e. The van der Waals surface area contributed by atoms with Gasteiger partial charge in [0.2, 0.25) is 0 Å². The number of anilines is 1. The molecule has 0 atom stereocenters. The van der Waals surface area contributed by atoms with E-state index in [0.29, 0.717) is 21.3 Å². The van der Waals surface area contributed by atoms with Crippen LogP contribution >= 0.6 is 23.2 Å². The van der Waals surface area contributed by atoms with E-state index in [1.165, 1.54) is 7.11 Å². The predicted molar refractivity (Wildman–Crippen MR) is 56.6 cm³/mol. The van der Waals surface area contributed by atoms with E-state index in [-0.39, 0.29) is 6.42 Å². The quantitative estimate of drug-likeness (QED) is 0.630. The van der Waals surface area contributed by atoms with Crippen molar-refractivity contribution < 1.29 is 9.53 Å². The van der Waals surface area contributed by atoms with Crippen LogP contribution in [0.2, 0.25) is 10.0 Å². The van der Waals surface area contributed by atoms with Crippen molar-refractivity contribution in [1.29, 1.82) is 0 Å². The van der Waals surface area contributed by atoms with E-state index < -0.39 is 5.97 Å². The number of nitrogen functional groups attached to an aromatic ring is 1. The molecule has 1 rings (SSSR count). The Morgan fingerprint density at radius 2 is 2.14 bits per heavy atom.